The Kier molecular flexibility index (Phi) is 3.05. The van der Waals surface area contributed by atoms with Gasteiger partial charge in [0.05, 0.1) is 0 Å². The van der Waals surface area contributed by atoms with Crippen LogP contribution in [-0.2, 0) is 0 Å². The number of halogens is 1. The lowest BCUT2D eigenvalue weighted by Gasteiger charge is -2.08. The van der Waals surface area contributed by atoms with E-state index in [2.05, 4.69) is 26.1 Å². The first-order valence-corrected chi connectivity index (χ1v) is 6.56. The smallest absolute Gasteiger partial charge is 0.170 e. The highest BCUT2D eigenvalue weighted by Gasteiger charge is 2.12. The van der Waals surface area contributed by atoms with Crippen LogP contribution in [-0.4, -0.2) is 14.8 Å². The van der Waals surface area contributed by atoms with E-state index in [9.17, 15) is 0 Å². The molecule has 2 N–H and O–H groups in total. The molecule has 0 unspecified atom stereocenters. The molecule has 19 heavy (non-hydrogen) atoms. The van der Waals surface area contributed by atoms with Gasteiger partial charge in [-0.2, -0.15) is 0 Å². The van der Waals surface area contributed by atoms with E-state index in [1.807, 2.05) is 53.1 Å². The summed E-state index contributed by atoms with van der Waals surface area (Å²) in [6.45, 7) is 0. The SMILES string of the molecule is Nc1ccc(Br)cc1-c1nncn1-c1ccccc1. The first kappa shape index (κ1) is 11.9. The number of aromatic nitrogens is 3. The van der Waals surface area contributed by atoms with Crippen LogP contribution < -0.4 is 5.73 Å². The number of para-hydroxylation sites is 1. The molecule has 4 nitrogen and oxygen atoms in total. The number of nitrogens with two attached hydrogens (primary N) is 1. The van der Waals surface area contributed by atoms with Crippen molar-refractivity contribution >= 4 is 21.6 Å². The zero-order chi connectivity index (χ0) is 13.2. The van der Waals surface area contributed by atoms with Crippen molar-refractivity contribution in [3.63, 3.8) is 0 Å². The Balaban J connectivity index is 2.18. The third kappa shape index (κ3) is 2.24. The summed E-state index contributed by atoms with van der Waals surface area (Å²) in [5.41, 5.74) is 8.56. The molecule has 0 amide bonds. The number of rotatable bonds is 2. The molecule has 2 aromatic carbocycles. The van der Waals surface area contributed by atoms with Gasteiger partial charge in [0.1, 0.15) is 6.33 Å². The number of hydrogen-bond donors (Lipinski definition) is 1. The number of benzene rings is 2. The number of anilines is 1. The second-order valence-electron chi connectivity index (χ2n) is 4.09. The molecule has 94 valence electrons. The van der Waals surface area contributed by atoms with Crippen molar-refractivity contribution in [1.82, 2.24) is 14.8 Å². The van der Waals surface area contributed by atoms with Crippen LogP contribution in [0.3, 0.4) is 0 Å². The largest absolute Gasteiger partial charge is 0.398 e. The average Bonchev–Trinajstić information content (AvgIpc) is 2.91. The third-order valence-corrected chi connectivity index (χ3v) is 3.33. The summed E-state index contributed by atoms with van der Waals surface area (Å²) in [6, 6.07) is 15.6. The predicted octanol–water partition coefficient (Wildman–Crippen LogP) is 3.28. The maximum Gasteiger partial charge on any atom is 0.170 e. The second-order valence-corrected chi connectivity index (χ2v) is 5.01. The molecule has 1 aromatic heterocycles. The molecule has 5 heteroatoms. The van der Waals surface area contributed by atoms with Gasteiger partial charge in [0, 0.05) is 21.4 Å². The summed E-state index contributed by atoms with van der Waals surface area (Å²) in [5.74, 6) is 0.727. The van der Waals surface area contributed by atoms with E-state index in [-0.39, 0.29) is 0 Å². The van der Waals surface area contributed by atoms with E-state index in [4.69, 9.17) is 5.73 Å². The Morgan fingerprint density at radius 3 is 2.63 bits per heavy atom. The van der Waals surface area contributed by atoms with Crippen molar-refractivity contribution in [3.8, 4) is 17.1 Å². The highest BCUT2D eigenvalue weighted by atomic mass is 79.9. The van der Waals surface area contributed by atoms with Crippen molar-refractivity contribution in [2.75, 3.05) is 5.73 Å². The van der Waals surface area contributed by atoms with Crippen LogP contribution in [0.5, 0.6) is 0 Å². The maximum absolute atomic E-state index is 6.03. The van der Waals surface area contributed by atoms with Crippen LogP contribution in [0.2, 0.25) is 0 Å². The summed E-state index contributed by atoms with van der Waals surface area (Å²) >= 11 is 3.45. The minimum atomic E-state index is 0.674. The summed E-state index contributed by atoms with van der Waals surface area (Å²) in [6.07, 6.45) is 1.69. The van der Waals surface area contributed by atoms with Gasteiger partial charge in [-0.3, -0.25) is 4.57 Å². The van der Waals surface area contributed by atoms with E-state index in [0.29, 0.717) is 5.69 Å². The molecule has 0 radical (unpaired) electrons. The molecular formula is C14H11BrN4. The molecule has 0 aliphatic rings. The fraction of sp³-hybridized carbons (Fsp3) is 0. The van der Waals surface area contributed by atoms with E-state index in [1.165, 1.54) is 0 Å². The molecule has 0 aliphatic heterocycles. The predicted molar refractivity (Wildman–Crippen MR) is 78.9 cm³/mol. The van der Waals surface area contributed by atoms with Crippen molar-refractivity contribution < 1.29 is 0 Å². The number of nitrogens with zero attached hydrogens (tertiary/aromatic N) is 3. The molecule has 0 fully saturated rings. The zero-order valence-corrected chi connectivity index (χ0v) is 11.6. The normalized spacial score (nSPS) is 10.6. The minimum absolute atomic E-state index is 0.674. The molecule has 0 bridgehead atoms. The van der Waals surface area contributed by atoms with Gasteiger partial charge in [0.25, 0.3) is 0 Å². The van der Waals surface area contributed by atoms with Crippen molar-refractivity contribution in [2.45, 2.75) is 0 Å². The fourth-order valence-corrected chi connectivity index (χ4v) is 2.28. The molecule has 3 aromatic rings. The maximum atomic E-state index is 6.03. The Bertz CT molecular complexity index is 706. The van der Waals surface area contributed by atoms with Crippen molar-refractivity contribution in [1.29, 1.82) is 0 Å². The third-order valence-electron chi connectivity index (χ3n) is 2.84. The van der Waals surface area contributed by atoms with Crippen LogP contribution >= 0.6 is 15.9 Å². The molecular weight excluding hydrogens is 304 g/mol. The first-order valence-electron chi connectivity index (χ1n) is 5.76. The van der Waals surface area contributed by atoms with E-state index >= 15 is 0 Å². The van der Waals surface area contributed by atoms with Crippen LogP contribution in [0.1, 0.15) is 0 Å². The molecule has 0 saturated heterocycles. The Hall–Kier alpha value is -2.14. The van der Waals surface area contributed by atoms with Gasteiger partial charge in [0.15, 0.2) is 5.82 Å². The van der Waals surface area contributed by atoms with E-state index in [0.717, 1.165) is 21.5 Å². The lowest BCUT2D eigenvalue weighted by molar-refractivity contribution is 1.06. The molecule has 0 spiro atoms. The van der Waals surface area contributed by atoms with E-state index < -0.39 is 0 Å². The van der Waals surface area contributed by atoms with Gasteiger partial charge in [-0.25, -0.2) is 0 Å². The van der Waals surface area contributed by atoms with Gasteiger partial charge in [-0.05, 0) is 30.3 Å². The molecule has 3 rings (SSSR count). The van der Waals surface area contributed by atoms with Crippen LogP contribution in [0.25, 0.3) is 17.1 Å². The van der Waals surface area contributed by atoms with Gasteiger partial charge >= 0.3 is 0 Å². The Morgan fingerprint density at radius 2 is 1.84 bits per heavy atom. The van der Waals surface area contributed by atoms with E-state index in [1.54, 1.807) is 6.33 Å². The van der Waals surface area contributed by atoms with Gasteiger partial charge < -0.3 is 5.73 Å². The Morgan fingerprint density at radius 1 is 1.05 bits per heavy atom. The summed E-state index contributed by atoms with van der Waals surface area (Å²) in [7, 11) is 0. The standard InChI is InChI=1S/C14H11BrN4/c15-10-6-7-13(16)12(8-10)14-18-17-9-19(14)11-4-2-1-3-5-11/h1-9H,16H2. The minimum Gasteiger partial charge on any atom is -0.398 e. The van der Waals surface area contributed by atoms with Crippen LogP contribution in [0.4, 0.5) is 5.69 Å². The summed E-state index contributed by atoms with van der Waals surface area (Å²) in [5, 5.41) is 8.16. The first-order chi connectivity index (χ1) is 9.25. The lowest BCUT2D eigenvalue weighted by Crippen LogP contribution is -1.99. The fourth-order valence-electron chi connectivity index (χ4n) is 1.92. The number of hydrogen-bond acceptors (Lipinski definition) is 3. The topological polar surface area (TPSA) is 56.7 Å². The van der Waals surface area contributed by atoms with Crippen LogP contribution in [0, 0.1) is 0 Å². The van der Waals surface area contributed by atoms with Gasteiger partial charge in [-0.15, -0.1) is 10.2 Å². The monoisotopic (exact) mass is 314 g/mol. The molecule has 0 saturated carbocycles. The highest BCUT2D eigenvalue weighted by molar-refractivity contribution is 9.10. The zero-order valence-electron chi connectivity index (χ0n) is 9.99. The summed E-state index contributed by atoms with van der Waals surface area (Å²) in [4.78, 5) is 0. The number of nitrogen functional groups attached to an aromatic ring is 1. The molecule has 0 aliphatic carbocycles. The molecule has 0 atom stereocenters. The van der Waals surface area contributed by atoms with Gasteiger partial charge in [-0.1, -0.05) is 34.1 Å². The van der Waals surface area contributed by atoms with Crippen molar-refractivity contribution in [2.24, 2.45) is 0 Å². The molecule has 1 heterocycles. The van der Waals surface area contributed by atoms with Gasteiger partial charge in [0.2, 0.25) is 0 Å². The van der Waals surface area contributed by atoms with Crippen molar-refractivity contribution in [3.05, 3.63) is 59.3 Å². The average molecular weight is 315 g/mol. The second kappa shape index (κ2) is 4.85. The Labute approximate surface area is 119 Å². The summed E-state index contributed by atoms with van der Waals surface area (Å²) < 4.78 is 2.87. The quantitative estimate of drug-likeness (QED) is 0.738. The lowest BCUT2D eigenvalue weighted by atomic mass is 10.1. The highest BCUT2D eigenvalue weighted by Crippen LogP contribution is 2.28. The van der Waals surface area contributed by atoms with Crippen LogP contribution in [0.15, 0.2) is 59.3 Å².